The molecule has 0 spiro atoms. The van der Waals surface area contributed by atoms with Crippen LogP contribution >= 0.6 is 0 Å². The van der Waals surface area contributed by atoms with Gasteiger partial charge in [-0.25, -0.2) is 0 Å². The Morgan fingerprint density at radius 3 is 2.55 bits per heavy atom. The summed E-state index contributed by atoms with van der Waals surface area (Å²) in [6, 6.07) is 12.6. The Bertz CT molecular complexity index is 690. The second-order valence-corrected chi connectivity index (χ2v) is 6.05. The summed E-state index contributed by atoms with van der Waals surface area (Å²) < 4.78 is 5.92. The maximum Gasteiger partial charge on any atom is 0.126 e. The van der Waals surface area contributed by atoms with E-state index in [-0.39, 0.29) is 22.8 Å². The van der Waals surface area contributed by atoms with E-state index in [1.54, 1.807) is 24.3 Å². The lowest BCUT2D eigenvalue weighted by molar-refractivity contribution is 0.169. The van der Waals surface area contributed by atoms with Gasteiger partial charge in [-0.15, -0.1) is 6.58 Å². The Morgan fingerprint density at radius 2 is 1.86 bits per heavy atom. The summed E-state index contributed by atoms with van der Waals surface area (Å²) in [5, 5.41) is 19.2. The summed E-state index contributed by atoms with van der Waals surface area (Å²) in [6.07, 6.45) is 2.74. The monoisotopic (exact) mass is 296 g/mol. The van der Waals surface area contributed by atoms with E-state index in [9.17, 15) is 10.2 Å². The molecule has 0 aromatic heterocycles. The first-order valence-electron chi connectivity index (χ1n) is 7.41. The van der Waals surface area contributed by atoms with Crippen LogP contribution in [-0.4, -0.2) is 16.8 Å². The van der Waals surface area contributed by atoms with E-state index in [0.717, 1.165) is 23.3 Å². The van der Waals surface area contributed by atoms with Gasteiger partial charge in [-0.1, -0.05) is 31.2 Å². The molecule has 0 radical (unpaired) electrons. The van der Waals surface area contributed by atoms with Crippen molar-refractivity contribution in [2.24, 2.45) is 0 Å². The van der Waals surface area contributed by atoms with Crippen molar-refractivity contribution in [1.29, 1.82) is 0 Å². The normalized spacial score (nSPS) is 23.4. The number of allylic oxidation sites excluding steroid dienone is 1. The van der Waals surface area contributed by atoms with Crippen LogP contribution in [0.25, 0.3) is 0 Å². The first kappa shape index (κ1) is 14.5. The lowest BCUT2D eigenvalue weighted by Gasteiger charge is -2.42. The highest BCUT2D eigenvalue weighted by Crippen LogP contribution is 2.49. The summed E-state index contributed by atoms with van der Waals surface area (Å²) in [4.78, 5) is 0. The third kappa shape index (κ3) is 2.33. The van der Waals surface area contributed by atoms with Gasteiger partial charge in [0.1, 0.15) is 17.2 Å². The number of benzene rings is 2. The molecule has 0 fully saturated rings. The molecule has 114 valence electrons. The molecule has 2 aromatic rings. The maximum atomic E-state index is 9.65. The van der Waals surface area contributed by atoms with E-state index in [0.29, 0.717) is 6.61 Å². The first-order chi connectivity index (χ1) is 10.5. The average Bonchev–Trinajstić information content (AvgIpc) is 2.51. The summed E-state index contributed by atoms with van der Waals surface area (Å²) in [5.74, 6) is 1.42. The molecule has 1 unspecified atom stereocenters. The molecule has 0 saturated heterocycles. The number of phenols is 2. The minimum atomic E-state index is -0.216. The fourth-order valence-corrected chi connectivity index (χ4v) is 3.29. The molecule has 0 saturated carbocycles. The van der Waals surface area contributed by atoms with Gasteiger partial charge < -0.3 is 14.9 Å². The van der Waals surface area contributed by atoms with Crippen molar-refractivity contribution in [1.82, 2.24) is 0 Å². The molecular weight excluding hydrogens is 276 g/mol. The van der Waals surface area contributed by atoms with Gasteiger partial charge >= 0.3 is 0 Å². The molecule has 0 bridgehead atoms. The lowest BCUT2D eigenvalue weighted by atomic mass is 9.66. The Kier molecular flexibility index (Phi) is 3.57. The number of rotatable bonds is 3. The number of hydrogen-bond donors (Lipinski definition) is 2. The highest BCUT2D eigenvalue weighted by molar-refractivity contribution is 5.48. The number of phenolic OH excluding ortho intramolecular Hbond substituents is 2. The van der Waals surface area contributed by atoms with E-state index in [4.69, 9.17) is 4.74 Å². The van der Waals surface area contributed by atoms with Gasteiger partial charge in [0.25, 0.3) is 0 Å². The van der Waals surface area contributed by atoms with E-state index < -0.39 is 0 Å². The van der Waals surface area contributed by atoms with Gasteiger partial charge in [-0.2, -0.15) is 0 Å². The Balaban J connectivity index is 2.09. The zero-order valence-electron chi connectivity index (χ0n) is 12.6. The predicted octanol–water partition coefficient (Wildman–Crippen LogP) is 4.11. The second-order valence-electron chi connectivity index (χ2n) is 6.05. The molecule has 3 rings (SSSR count). The number of ether oxygens (including phenoxy) is 1. The number of hydrogen-bond acceptors (Lipinski definition) is 3. The van der Waals surface area contributed by atoms with Crippen molar-refractivity contribution >= 4 is 0 Å². The molecule has 22 heavy (non-hydrogen) atoms. The van der Waals surface area contributed by atoms with E-state index in [2.05, 4.69) is 13.5 Å². The molecule has 1 aliphatic rings. The molecule has 2 N–H and O–H groups in total. The smallest absolute Gasteiger partial charge is 0.126 e. The van der Waals surface area contributed by atoms with Crippen molar-refractivity contribution in [3.63, 3.8) is 0 Å². The Morgan fingerprint density at radius 1 is 1.18 bits per heavy atom. The number of fused-ring (bicyclic) bond motifs is 1. The van der Waals surface area contributed by atoms with Crippen molar-refractivity contribution in [3.8, 4) is 17.2 Å². The summed E-state index contributed by atoms with van der Waals surface area (Å²) >= 11 is 0. The van der Waals surface area contributed by atoms with Crippen LogP contribution < -0.4 is 4.74 Å². The zero-order valence-corrected chi connectivity index (χ0v) is 12.6. The summed E-state index contributed by atoms with van der Waals surface area (Å²) in [7, 11) is 0. The molecule has 2 aromatic carbocycles. The van der Waals surface area contributed by atoms with Crippen molar-refractivity contribution < 1.29 is 14.9 Å². The van der Waals surface area contributed by atoms with E-state index in [1.807, 2.05) is 24.3 Å². The van der Waals surface area contributed by atoms with Crippen molar-refractivity contribution in [3.05, 3.63) is 66.2 Å². The van der Waals surface area contributed by atoms with Crippen LogP contribution in [0.4, 0.5) is 0 Å². The molecular formula is C19H20O3. The topological polar surface area (TPSA) is 49.7 Å². The molecule has 0 aliphatic carbocycles. The highest BCUT2D eigenvalue weighted by atomic mass is 16.5. The highest BCUT2D eigenvalue weighted by Gasteiger charge is 2.41. The van der Waals surface area contributed by atoms with Gasteiger partial charge in [0.2, 0.25) is 0 Å². The van der Waals surface area contributed by atoms with Crippen LogP contribution in [-0.2, 0) is 5.41 Å². The molecule has 1 heterocycles. The van der Waals surface area contributed by atoms with E-state index >= 15 is 0 Å². The number of aromatic hydroxyl groups is 2. The van der Waals surface area contributed by atoms with Crippen LogP contribution in [0.2, 0.25) is 0 Å². The fraction of sp³-hybridized carbons (Fsp3) is 0.263. The minimum Gasteiger partial charge on any atom is -0.508 e. The van der Waals surface area contributed by atoms with E-state index in [1.165, 1.54) is 0 Å². The lowest BCUT2D eigenvalue weighted by Crippen LogP contribution is -2.40. The average molecular weight is 296 g/mol. The largest absolute Gasteiger partial charge is 0.508 e. The van der Waals surface area contributed by atoms with Gasteiger partial charge in [-0.3, -0.25) is 0 Å². The van der Waals surface area contributed by atoms with Crippen molar-refractivity contribution in [2.75, 3.05) is 6.61 Å². The van der Waals surface area contributed by atoms with Crippen LogP contribution in [0.1, 0.15) is 30.4 Å². The van der Waals surface area contributed by atoms with Gasteiger partial charge in [0, 0.05) is 17.4 Å². The molecule has 0 amide bonds. The third-order valence-corrected chi connectivity index (χ3v) is 4.60. The maximum absolute atomic E-state index is 9.65. The van der Waals surface area contributed by atoms with Crippen LogP contribution in [0, 0.1) is 0 Å². The third-order valence-electron chi connectivity index (χ3n) is 4.60. The first-order valence-corrected chi connectivity index (χ1v) is 7.41. The van der Waals surface area contributed by atoms with Gasteiger partial charge in [-0.05, 0) is 35.7 Å². The molecule has 1 aliphatic heterocycles. The Labute approximate surface area is 130 Å². The quantitative estimate of drug-likeness (QED) is 0.838. The molecule has 2 atom stereocenters. The zero-order chi connectivity index (χ0) is 15.7. The second kappa shape index (κ2) is 5.41. The summed E-state index contributed by atoms with van der Waals surface area (Å²) in [5.41, 5.74) is 1.99. The molecule has 3 heteroatoms. The van der Waals surface area contributed by atoms with Gasteiger partial charge in [0.05, 0.1) is 6.61 Å². The SMILES string of the molecule is C=CC[C@H]1c2ccc(O)cc2OCC1(C)c1ccc(O)cc1. The predicted molar refractivity (Wildman–Crippen MR) is 86.6 cm³/mol. The van der Waals surface area contributed by atoms with Crippen LogP contribution in [0.3, 0.4) is 0 Å². The standard InChI is InChI=1S/C19H20O3/c1-3-4-17-16-10-9-15(21)11-18(16)22-12-19(17,2)13-5-7-14(20)8-6-13/h3,5-11,17,20-21H,1,4,12H2,2H3/t17-,19?/m0/s1. The Hall–Kier alpha value is -2.42. The van der Waals surface area contributed by atoms with Crippen LogP contribution in [0.5, 0.6) is 17.2 Å². The summed E-state index contributed by atoms with van der Waals surface area (Å²) in [6.45, 7) is 6.58. The minimum absolute atomic E-state index is 0.207. The fourth-order valence-electron chi connectivity index (χ4n) is 3.29. The molecule has 3 nitrogen and oxygen atoms in total. The van der Waals surface area contributed by atoms with Gasteiger partial charge in [0.15, 0.2) is 0 Å². The van der Waals surface area contributed by atoms with Crippen molar-refractivity contribution in [2.45, 2.75) is 24.7 Å². The van der Waals surface area contributed by atoms with Crippen LogP contribution in [0.15, 0.2) is 55.1 Å².